The van der Waals surface area contributed by atoms with Gasteiger partial charge >= 0.3 is 0 Å². The number of quaternary nitrogens is 1. The van der Waals surface area contributed by atoms with Crippen molar-refractivity contribution in [3.8, 4) is 0 Å². The average molecular weight is 150 g/mol. The van der Waals surface area contributed by atoms with E-state index in [1.165, 1.54) is 0 Å². The van der Waals surface area contributed by atoms with Crippen LogP contribution in [0, 0.1) is 0 Å². The molecule has 0 saturated heterocycles. The molecule has 2 nitrogen and oxygen atoms in total. The summed E-state index contributed by atoms with van der Waals surface area (Å²) in [6.45, 7) is 3.63. The van der Waals surface area contributed by atoms with Gasteiger partial charge in [-0.1, -0.05) is 0 Å². The lowest BCUT2D eigenvalue weighted by Gasteiger charge is -2.03. The van der Waals surface area contributed by atoms with E-state index in [1.807, 2.05) is 6.92 Å². The van der Waals surface area contributed by atoms with Crippen molar-refractivity contribution in [1.29, 1.82) is 0 Å². The van der Waals surface area contributed by atoms with Gasteiger partial charge in [0, 0.05) is 18.8 Å². The van der Waals surface area contributed by atoms with E-state index in [2.05, 4.69) is 18.4 Å². The fraction of sp³-hybridized carbons (Fsp3) is 1.00. The Kier molecular flexibility index (Phi) is 6.58. The maximum atomic E-state index is 5.13. The molecular formula is C6H16NOS+. The molecule has 0 rings (SSSR count). The zero-order valence-electron chi connectivity index (χ0n) is 5.97. The van der Waals surface area contributed by atoms with Crippen LogP contribution >= 0.6 is 12.6 Å². The van der Waals surface area contributed by atoms with Gasteiger partial charge in [0.2, 0.25) is 0 Å². The van der Waals surface area contributed by atoms with Gasteiger partial charge in [-0.05, 0) is 6.92 Å². The highest BCUT2D eigenvalue weighted by Gasteiger charge is 2.00. The second kappa shape index (κ2) is 6.39. The maximum Gasteiger partial charge on any atom is 0.0954 e. The van der Waals surface area contributed by atoms with Gasteiger partial charge in [-0.3, -0.25) is 0 Å². The molecule has 0 saturated carbocycles. The first-order valence-corrected chi connectivity index (χ1v) is 3.96. The van der Waals surface area contributed by atoms with Crippen LogP contribution in [0.3, 0.4) is 0 Å². The molecule has 3 N–H and O–H groups in total. The first-order chi connectivity index (χ1) is 4.31. The summed E-state index contributed by atoms with van der Waals surface area (Å²) in [6, 6.07) is 0.444. The third kappa shape index (κ3) is 6.15. The second-order valence-electron chi connectivity index (χ2n) is 2.03. The average Bonchev–Trinajstić information content (AvgIpc) is 1.89. The Hall–Kier alpha value is 0.270. The maximum absolute atomic E-state index is 5.13. The van der Waals surface area contributed by atoms with Crippen LogP contribution in [0.15, 0.2) is 0 Å². The van der Waals surface area contributed by atoms with Gasteiger partial charge in [0.15, 0.2) is 0 Å². The Morgan fingerprint density at radius 3 is 2.78 bits per heavy atom. The van der Waals surface area contributed by atoms with Gasteiger partial charge in [-0.2, -0.15) is 12.6 Å². The zero-order chi connectivity index (χ0) is 7.11. The monoisotopic (exact) mass is 150 g/mol. The smallest absolute Gasteiger partial charge is 0.0954 e. The molecule has 0 bridgehead atoms. The van der Waals surface area contributed by atoms with Crippen molar-refractivity contribution in [1.82, 2.24) is 0 Å². The predicted molar refractivity (Wildman–Crippen MR) is 41.6 cm³/mol. The van der Waals surface area contributed by atoms with E-state index < -0.39 is 0 Å². The summed E-state index contributed by atoms with van der Waals surface area (Å²) >= 11 is 4.10. The summed E-state index contributed by atoms with van der Waals surface area (Å²) in [5.41, 5.74) is 3.87. The van der Waals surface area contributed by atoms with Gasteiger partial charge < -0.3 is 10.5 Å². The highest BCUT2D eigenvalue weighted by atomic mass is 32.1. The minimum absolute atomic E-state index is 0.444. The summed E-state index contributed by atoms with van der Waals surface area (Å²) in [5, 5.41) is 0. The number of rotatable bonds is 5. The van der Waals surface area contributed by atoms with Crippen molar-refractivity contribution in [3.05, 3.63) is 0 Å². The van der Waals surface area contributed by atoms with Crippen molar-refractivity contribution in [2.24, 2.45) is 0 Å². The number of hydrogen-bond acceptors (Lipinski definition) is 2. The van der Waals surface area contributed by atoms with Crippen LogP contribution < -0.4 is 5.73 Å². The highest BCUT2D eigenvalue weighted by molar-refractivity contribution is 7.80. The number of hydrogen-bond donors (Lipinski definition) is 2. The first-order valence-electron chi connectivity index (χ1n) is 3.33. The third-order valence-corrected chi connectivity index (χ3v) is 1.65. The lowest BCUT2D eigenvalue weighted by atomic mass is 10.3. The standard InChI is InChI=1S/C6H15NOS/c1-2-8-4-3-6(7)5-9/h6,9H,2-5,7H2,1H3/p+1/t6-/m0/s1. The normalized spacial score (nSPS) is 13.7. The van der Waals surface area contributed by atoms with Crippen molar-refractivity contribution in [2.75, 3.05) is 19.0 Å². The van der Waals surface area contributed by atoms with Crippen molar-refractivity contribution < 1.29 is 10.5 Å². The summed E-state index contributed by atoms with van der Waals surface area (Å²) in [4.78, 5) is 0. The molecule has 56 valence electrons. The summed E-state index contributed by atoms with van der Waals surface area (Å²) in [7, 11) is 0. The van der Waals surface area contributed by atoms with E-state index in [1.54, 1.807) is 0 Å². The van der Waals surface area contributed by atoms with Crippen LogP contribution in [0.25, 0.3) is 0 Å². The molecule has 9 heavy (non-hydrogen) atoms. The Bertz CT molecular complexity index is 61.0. The zero-order valence-corrected chi connectivity index (χ0v) is 6.86. The largest absolute Gasteiger partial charge is 0.381 e. The van der Waals surface area contributed by atoms with Crippen molar-refractivity contribution in [2.45, 2.75) is 19.4 Å². The molecule has 0 aromatic carbocycles. The van der Waals surface area contributed by atoms with E-state index in [0.717, 1.165) is 25.4 Å². The van der Waals surface area contributed by atoms with E-state index in [4.69, 9.17) is 4.74 Å². The fourth-order valence-corrected chi connectivity index (χ4v) is 0.668. The van der Waals surface area contributed by atoms with E-state index in [0.29, 0.717) is 6.04 Å². The van der Waals surface area contributed by atoms with Gasteiger partial charge in [0.1, 0.15) is 0 Å². The van der Waals surface area contributed by atoms with Crippen LogP contribution in [0.2, 0.25) is 0 Å². The molecule has 0 unspecified atom stereocenters. The van der Waals surface area contributed by atoms with Gasteiger partial charge in [0.05, 0.1) is 12.6 Å². The molecule has 0 radical (unpaired) electrons. The molecule has 0 amide bonds. The van der Waals surface area contributed by atoms with Gasteiger partial charge in [0.25, 0.3) is 0 Å². The Morgan fingerprint density at radius 2 is 2.33 bits per heavy atom. The van der Waals surface area contributed by atoms with Gasteiger partial charge in [-0.15, -0.1) is 0 Å². The molecule has 0 aliphatic heterocycles. The first kappa shape index (κ1) is 9.27. The van der Waals surface area contributed by atoms with E-state index in [-0.39, 0.29) is 0 Å². The molecule has 0 fully saturated rings. The summed E-state index contributed by atoms with van der Waals surface area (Å²) < 4.78 is 5.13. The molecular weight excluding hydrogens is 134 g/mol. The summed E-state index contributed by atoms with van der Waals surface area (Å²) in [6.07, 6.45) is 1.03. The van der Waals surface area contributed by atoms with Crippen LogP contribution in [0.4, 0.5) is 0 Å². The minimum atomic E-state index is 0.444. The quantitative estimate of drug-likeness (QED) is 0.418. The molecule has 3 heteroatoms. The molecule has 0 aliphatic carbocycles. The SMILES string of the molecule is CCOCC[C@H]([NH3+])CS. The van der Waals surface area contributed by atoms with Crippen molar-refractivity contribution in [3.63, 3.8) is 0 Å². The second-order valence-corrected chi connectivity index (χ2v) is 2.40. The number of thiol groups is 1. The fourth-order valence-electron chi connectivity index (χ4n) is 0.486. The number of ether oxygens (including phenoxy) is 1. The Labute approximate surface area is 62.2 Å². The molecule has 1 atom stereocenters. The highest BCUT2D eigenvalue weighted by Crippen LogP contribution is 1.88. The van der Waals surface area contributed by atoms with Crippen molar-refractivity contribution >= 4 is 12.6 Å². The van der Waals surface area contributed by atoms with Crippen LogP contribution in [0.5, 0.6) is 0 Å². The third-order valence-electron chi connectivity index (χ3n) is 1.13. The topological polar surface area (TPSA) is 36.9 Å². The van der Waals surface area contributed by atoms with Crippen LogP contribution in [-0.4, -0.2) is 25.0 Å². The molecule has 0 heterocycles. The minimum Gasteiger partial charge on any atom is -0.381 e. The van der Waals surface area contributed by atoms with E-state index in [9.17, 15) is 0 Å². The molecule has 0 aromatic heterocycles. The Morgan fingerprint density at radius 1 is 1.67 bits per heavy atom. The Balaban J connectivity index is 2.88. The van der Waals surface area contributed by atoms with Gasteiger partial charge in [-0.25, -0.2) is 0 Å². The molecule has 0 aromatic rings. The lowest BCUT2D eigenvalue weighted by Crippen LogP contribution is -2.62. The lowest BCUT2D eigenvalue weighted by molar-refractivity contribution is -0.414. The molecule has 0 aliphatic rings. The van der Waals surface area contributed by atoms with E-state index >= 15 is 0 Å². The molecule has 0 spiro atoms. The summed E-state index contributed by atoms with van der Waals surface area (Å²) in [5.74, 6) is 0.854. The predicted octanol–water partition coefficient (Wildman–Crippen LogP) is -0.0467. The van der Waals surface area contributed by atoms with Crippen LogP contribution in [0.1, 0.15) is 13.3 Å². The van der Waals surface area contributed by atoms with Crippen LogP contribution in [-0.2, 0) is 4.74 Å².